The maximum absolute atomic E-state index is 14.6. The summed E-state index contributed by atoms with van der Waals surface area (Å²) in [6.45, 7) is 4.60. The molecule has 2 aromatic rings. The van der Waals surface area contributed by atoms with E-state index in [1.165, 1.54) is 19.1 Å². The van der Waals surface area contributed by atoms with E-state index in [1.54, 1.807) is 62.4 Å². The molecular formula is C74H117N27O21S. The number of benzene rings is 2. The molecule has 0 spiro atoms. The van der Waals surface area contributed by atoms with Gasteiger partial charge in [0.1, 0.15) is 72.5 Å². The van der Waals surface area contributed by atoms with Crippen molar-refractivity contribution in [1.29, 1.82) is 16.2 Å². The fraction of sp³-hybridized carbons (Fsp3) is 0.541. The number of guanidine groups is 3. The Hall–Kier alpha value is -13.5. The average Bonchev–Trinajstić information content (AvgIpc) is 0.864. The first-order valence-corrected chi connectivity index (χ1v) is 39.7. The van der Waals surface area contributed by atoms with E-state index in [-0.39, 0.29) is 70.1 Å². The topological polar surface area (TPSA) is 823 Å². The lowest BCUT2D eigenvalue weighted by Gasteiger charge is -2.28. The van der Waals surface area contributed by atoms with Gasteiger partial charge in [-0.15, -0.1) is 0 Å². The summed E-state index contributed by atoms with van der Waals surface area (Å²) in [5, 5.41) is 82.8. The van der Waals surface area contributed by atoms with Crippen molar-refractivity contribution < 1.29 is 101 Å². The molecule has 123 heavy (non-hydrogen) atoms. The van der Waals surface area contributed by atoms with Crippen LogP contribution in [0.3, 0.4) is 0 Å². The van der Waals surface area contributed by atoms with E-state index < -0.39 is 273 Å². The molecular weight excluding hydrogens is 1640 g/mol. The first kappa shape index (κ1) is 106. The van der Waals surface area contributed by atoms with E-state index in [2.05, 4.69) is 103 Å². The number of carboxylic acid groups (broad SMARTS) is 2. The standard InChI is InChI=1S/C74H117N27O21S/c1-5-37(2)58(101-56(106)35-88-61(111)42(75)19-12-28-85-72(79)80)70(120)95-43(20-13-29-86-73(81)82)62(112)89-34-55(105)90-38(3)59(109)97-50(33-57(107)108)68(118)98-48(31-40-15-8-6-9-16-40)66(116)94-46(24-27-54(78)104)65(115)100-51(36-123)69(119)99-49(32-41-17-10-7-11-18-41)67(117)93-45(23-26-53(77)103)64(114)92-44(22-25-52(76)102)63(113)91-39(4)60(110)96-47(71(121)122)21-14-30-87-74(83)84/h6-11,15-18,37-39,42-51,58,123H,5,12-14,19-36,75H2,1-4H3,(H2,76,102)(H2,77,103)(H2,78,104)(H,88,111)(H,89,112)(H,90,105)(H,91,113)(H,92,114)(H,93,117)(H,94,116)(H,95,120)(H,96,110)(H,97,109)(H,98,118)(H,99,119)(H,100,115)(H,101,106)(H,107,108)(H,121,122)(H4,79,80,85)(H4,81,82,86)(H4,83,84,87)/t37-,38-,39-,42-,43-,44-,45-,46-,47-,48-,49-,50-,51-,58-/m0/s1. The summed E-state index contributed by atoms with van der Waals surface area (Å²) < 4.78 is 0. The normalized spacial score (nSPS) is 14.2. The number of aliphatic carboxylic acids is 2. The number of carbonyl (C=O) groups is 19. The molecule has 14 atom stereocenters. The van der Waals surface area contributed by atoms with Crippen LogP contribution in [0.4, 0.5) is 0 Å². The summed E-state index contributed by atoms with van der Waals surface area (Å²) in [5.74, 6) is -22.8. The van der Waals surface area contributed by atoms with Gasteiger partial charge in [0.05, 0.1) is 25.6 Å². The number of primary amides is 3. The zero-order chi connectivity index (χ0) is 92.6. The van der Waals surface area contributed by atoms with E-state index in [1.807, 2.05) is 0 Å². The molecule has 49 heteroatoms. The zero-order valence-corrected chi connectivity index (χ0v) is 69.4. The summed E-state index contributed by atoms with van der Waals surface area (Å²) >= 11 is 4.26. The van der Waals surface area contributed by atoms with Crippen molar-refractivity contribution in [3.05, 3.63) is 71.8 Å². The summed E-state index contributed by atoms with van der Waals surface area (Å²) in [4.78, 5) is 255. The van der Waals surface area contributed by atoms with Crippen molar-refractivity contribution in [2.24, 2.45) is 46.1 Å². The summed E-state index contributed by atoms with van der Waals surface area (Å²) in [7, 11) is 0. The predicted octanol–water partition coefficient (Wildman–Crippen LogP) is -9.99. The minimum Gasteiger partial charge on any atom is -0.481 e. The Kier molecular flexibility index (Phi) is 48.1. The maximum Gasteiger partial charge on any atom is 0.326 e. The third-order valence-corrected chi connectivity index (χ3v) is 18.7. The van der Waals surface area contributed by atoms with E-state index in [0.29, 0.717) is 24.0 Å². The highest BCUT2D eigenvalue weighted by Gasteiger charge is 2.38. The Bertz CT molecular complexity index is 4020. The van der Waals surface area contributed by atoms with E-state index >= 15 is 0 Å². The highest BCUT2D eigenvalue weighted by Crippen LogP contribution is 2.14. The number of thiol groups is 1. The van der Waals surface area contributed by atoms with Crippen molar-refractivity contribution in [2.75, 3.05) is 38.5 Å². The lowest BCUT2D eigenvalue weighted by molar-refractivity contribution is -0.142. The SMILES string of the molecule is CC[C@H](C)[C@H](NC(=O)CNC(=O)[C@@H](N)CCCNC(=N)N)C(=O)N[C@@H](CCCNC(=N)N)C(=O)NCC(=O)N[C@@H](C)C(=O)N[C@@H](CC(=O)O)C(=O)N[C@@H](Cc1ccccc1)C(=O)N[C@@H](CCC(N)=O)C(=O)N[C@@H](CS)C(=O)N[C@@H](Cc1ccccc1)C(=O)N[C@@H](CCC(N)=O)C(=O)N[C@@H](CCC(N)=O)C(=O)N[C@@H](C)C(=O)N[C@@H](CCCNC(=N)N)C(=O)O. The van der Waals surface area contributed by atoms with Crippen LogP contribution in [0.5, 0.6) is 0 Å². The van der Waals surface area contributed by atoms with Gasteiger partial charge in [0, 0.05) is 57.5 Å². The molecule has 2 aromatic carbocycles. The number of hydrogen-bond donors (Lipinski definition) is 30. The summed E-state index contributed by atoms with van der Waals surface area (Å²) in [6.07, 6.45) is -4.44. The van der Waals surface area contributed by atoms with E-state index in [9.17, 15) is 101 Å². The maximum atomic E-state index is 14.6. The average molecular weight is 1750 g/mol. The van der Waals surface area contributed by atoms with Crippen LogP contribution in [0.25, 0.3) is 0 Å². The Balaban J connectivity index is 2.44. The van der Waals surface area contributed by atoms with Crippen molar-refractivity contribution >= 4 is 143 Å². The molecule has 0 heterocycles. The van der Waals surface area contributed by atoms with Gasteiger partial charge in [0.25, 0.3) is 0 Å². The zero-order valence-electron chi connectivity index (χ0n) is 68.6. The van der Waals surface area contributed by atoms with Gasteiger partial charge < -0.3 is 141 Å². The molecule has 0 unspecified atom stereocenters. The highest BCUT2D eigenvalue weighted by atomic mass is 32.1. The van der Waals surface area contributed by atoms with Crippen LogP contribution in [0.2, 0.25) is 0 Å². The third-order valence-electron chi connectivity index (χ3n) is 18.3. The van der Waals surface area contributed by atoms with E-state index in [4.69, 9.17) is 56.4 Å². The van der Waals surface area contributed by atoms with Gasteiger partial charge in [-0.3, -0.25) is 103 Å². The molecule has 0 aliphatic carbocycles. The fourth-order valence-electron chi connectivity index (χ4n) is 11.4. The smallest absolute Gasteiger partial charge is 0.326 e. The van der Waals surface area contributed by atoms with Crippen molar-refractivity contribution in [3.8, 4) is 0 Å². The molecule has 0 bridgehead atoms. The van der Waals surface area contributed by atoms with Gasteiger partial charge in [0.2, 0.25) is 100 Å². The molecule has 0 radical (unpaired) electrons. The van der Waals surface area contributed by atoms with Crippen LogP contribution in [-0.2, 0) is 104 Å². The number of hydrogen-bond acceptors (Lipinski definition) is 24. The number of carboxylic acids is 2. The van der Waals surface area contributed by atoms with Crippen LogP contribution in [-0.4, -0.2) is 257 Å². The van der Waals surface area contributed by atoms with Gasteiger partial charge in [0.15, 0.2) is 17.9 Å². The monoisotopic (exact) mass is 1750 g/mol. The van der Waals surface area contributed by atoms with Crippen LogP contribution >= 0.6 is 12.6 Å². The molecule has 0 aromatic heterocycles. The minimum absolute atomic E-state index is 0.0430. The number of rotatable bonds is 59. The Morgan fingerprint density at radius 2 is 0.691 bits per heavy atom. The molecule has 0 saturated carbocycles. The Labute approximate surface area is 713 Å². The lowest BCUT2D eigenvalue weighted by atomic mass is 9.97. The third kappa shape index (κ3) is 43.3. The van der Waals surface area contributed by atoms with Crippen LogP contribution in [0.1, 0.15) is 129 Å². The van der Waals surface area contributed by atoms with Crippen molar-refractivity contribution in [3.63, 3.8) is 0 Å². The summed E-state index contributed by atoms with van der Waals surface area (Å²) in [5.41, 5.74) is 39.0. The minimum atomic E-state index is -2.03. The fourth-order valence-corrected chi connectivity index (χ4v) is 11.6. The molecule has 36 N–H and O–H groups in total. The second kappa shape index (κ2) is 56.1. The number of carbonyl (C=O) groups excluding carboxylic acids is 17. The summed E-state index contributed by atoms with van der Waals surface area (Å²) in [6, 6.07) is -5.12. The molecule has 680 valence electrons. The van der Waals surface area contributed by atoms with Gasteiger partial charge in [-0.25, -0.2) is 4.79 Å². The molecule has 48 nitrogen and oxygen atoms in total. The molecule has 0 aliphatic rings. The molecule has 2 rings (SSSR count). The van der Waals surface area contributed by atoms with E-state index in [0.717, 1.165) is 6.92 Å². The largest absolute Gasteiger partial charge is 0.481 e. The van der Waals surface area contributed by atoms with Crippen LogP contribution in [0.15, 0.2) is 60.7 Å². The Morgan fingerprint density at radius 1 is 0.366 bits per heavy atom. The number of nitrogens with two attached hydrogens (primary N) is 7. The second-order valence-electron chi connectivity index (χ2n) is 28.5. The molecule has 0 fully saturated rings. The second-order valence-corrected chi connectivity index (χ2v) is 28.9. The Morgan fingerprint density at radius 3 is 1.09 bits per heavy atom. The lowest BCUT2D eigenvalue weighted by Crippen LogP contribution is -2.61. The van der Waals surface area contributed by atoms with Gasteiger partial charge in [-0.05, 0) is 88.7 Å². The number of nitrogens with one attached hydrogen (secondary N) is 20. The quantitative estimate of drug-likeness (QED) is 0.0127. The highest BCUT2D eigenvalue weighted by molar-refractivity contribution is 7.80. The van der Waals surface area contributed by atoms with Crippen LogP contribution in [0, 0.1) is 22.1 Å². The van der Waals surface area contributed by atoms with Crippen molar-refractivity contribution in [1.82, 2.24) is 90.4 Å². The van der Waals surface area contributed by atoms with Gasteiger partial charge >= 0.3 is 11.9 Å². The molecule has 0 aliphatic heterocycles. The first-order valence-electron chi connectivity index (χ1n) is 39.1. The van der Waals surface area contributed by atoms with Gasteiger partial charge in [-0.1, -0.05) is 80.9 Å². The number of amides is 17. The van der Waals surface area contributed by atoms with Crippen LogP contribution < -0.4 is 131 Å². The molecule has 0 saturated heterocycles. The predicted molar refractivity (Wildman–Crippen MR) is 445 cm³/mol. The first-order chi connectivity index (χ1) is 57.9. The van der Waals surface area contributed by atoms with Crippen molar-refractivity contribution in [2.45, 2.75) is 209 Å². The van der Waals surface area contributed by atoms with Gasteiger partial charge in [-0.2, -0.15) is 12.6 Å². The molecule has 17 amide bonds.